The molecule has 0 aliphatic rings. The minimum atomic E-state index is -0.139. The fraction of sp³-hybridized carbons (Fsp3) is 0.727. The lowest BCUT2D eigenvalue weighted by Gasteiger charge is -2.14. The average molecular weight is 282 g/mol. The molecule has 16 heavy (non-hydrogen) atoms. The van der Waals surface area contributed by atoms with E-state index in [1.54, 1.807) is 3.96 Å². The van der Waals surface area contributed by atoms with Crippen molar-refractivity contribution in [2.45, 2.75) is 52.0 Å². The second-order valence-corrected chi connectivity index (χ2v) is 5.83. The van der Waals surface area contributed by atoms with Crippen LogP contribution in [-0.2, 0) is 0 Å². The van der Waals surface area contributed by atoms with Crippen LogP contribution in [0, 0.1) is 0 Å². The van der Waals surface area contributed by atoms with Gasteiger partial charge in [-0.1, -0.05) is 56.3 Å². The Morgan fingerprint density at radius 1 is 1.31 bits per heavy atom. The summed E-state index contributed by atoms with van der Waals surface area (Å²) in [4.78, 5) is 11.8. The summed E-state index contributed by atoms with van der Waals surface area (Å²) >= 11 is 12.9. The Labute approximate surface area is 110 Å². The molecule has 0 radical (unpaired) electrons. The molecule has 1 rings (SSSR count). The summed E-state index contributed by atoms with van der Waals surface area (Å²) in [5.41, 5.74) is -0.139. The van der Waals surface area contributed by atoms with Crippen LogP contribution >= 0.6 is 34.7 Å². The number of hydrogen-bond acceptors (Lipinski definition) is 2. The summed E-state index contributed by atoms with van der Waals surface area (Å²) in [5.74, 6) is 0. The zero-order chi connectivity index (χ0) is 12.1. The van der Waals surface area contributed by atoms with Gasteiger partial charge in [-0.15, -0.1) is 0 Å². The molecular weight excluding hydrogens is 265 g/mol. The van der Waals surface area contributed by atoms with Crippen LogP contribution in [0.3, 0.4) is 0 Å². The Hall–Kier alpha value is 0.01000. The molecule has 1 unspecified atom stereocenters. The summed E-state index contributed by atoms with van der Waals surface area (Å²) < 4.78 is 2.13. The molecule has 0 aliphatic carbocycles. The molecule has 0 amide bonds. The second-order valence-electron chi connectivity index (χ2n) is 3.87. The van der Waals surface area contributed by atoms with Crippen molar-refractivity contribution < 1.29 is 0 Å². The molecule has 0 saturated carbocycles. The Balaban J connectivity index is 2.79. The molecular formula is C11H17Cl2NOS. The van der Waals surface area contributed by atoms with Gasteiger partial charge in [-0.3, -0.25) is 8.75 Å². The molecule has 0 fully saturated rings. The first kappa shape index (κ1) is 14.1. The molecule has 0 saturated heterocycles. The van der Waals surface area contributed by atoms with E-state index >= 15 is 0 Å². The van der Waals surface area contributed by atoms with Gasteiger partial charge < -0.3 is 0 Å². The van der Waals surface area contributed by atoms with Crippen LogP contribution in [0.5, 0.6) is 0 Å². The van der Waals surface area contributed by atoms with Gasteiger partial charge >= 0.3 is 0 Å². The van der Waals surface area contributed by atoms with Gasteiger partial charge in [0.1, 0.15) is 9.36 Å². The van der Waals surface area contributed by atoms with Gasteiger partial charge in [0.15, 0.2) is 0 Å². The lowest BCUT2D eigenvalue weighted by molar-refractivity contribution is 0.448. The first-order valence-electron chi connectivity index (χ1n) is 5.68. The first-order chi connectivity index (χ1) is 7.61. The summed E-state index contributed by atoms with van der Waals surface area (Å²) in [7, 11) is 0. The Kier molecular flexibility index (Phi) is 5.87. The van der Waals surface area contributed by atoms with E-state index in [2.05, 4.69) is 13.8 Å². The summed E-state index contributed by atoms with van der Waals surface area (Å²) in [6, 6.07) is 0.244. The lowest BCUT2D eigenvalue weighted by Crippen LogP contribution is -2.19. The van der Waals surface area contributed by atoms with E-state index in [0.717, 1.165) is 19.3 Å². The van der Waals surface area contributed by atoms with Crippen molar-refractivity contribution >= 4 is 34.7 Å². The van der Waals surface area contributed by atoms with Gasteiger partial charge in [-0.25, -0.2) is 0 Å². The van der Waals surface area contributed by atoms with E-state index in [1.165, 1.54) is 24.4 Å². The third-order valence-corrected chi connectivity index (χ3v) is 4.66. The minimum Gasteiger partial charge on any atom is -0.267 e. The van der Waals surface area contributed by atoms with Crippen LogP contribution in [0.15, 0.2) is 4.79 Å². The third kappa shape index (κ3) is 3.25. The number of unbranched alkanes of at least 4 members (excludes halogenated alkanes) is 2. The standard InChI is InChI=1S/C11H17Cl2NOS/c1-3-5-6-7-8(4-2)14-11(15)9(12)10(13)16-14/h8H,3-7H2,1-2H3. The van der Waals surface area contributed by atoms with Gasteiger partial charge in [-0.2, -0.15) is 0 Å². The fourth-order valence-electron chi connectivity index (χ4n) is 1.71. The monoisotopic (exact) mass is 281 g/mol. The zero-order valence-electron chi connectivity index (χ0n) is 9.63. The van der Waals surface area contributed by atoms with Gasteiger partial charge in [-0.05, 0) is 24.4 Å². The van der Waals surface area contributed by atoms with Crippen molar-refractivity contribution in [1.82, 2.24) is 3.96 Å². The number of rotatable bonds is 6. The number of aromatic nitrogens is 1. The summed E-state index contributed by atoms with van der Waals surface area (Å²) in [6.07, 6.45) is 5.51. The lowest BCUT2D eigenvalue weighted by atomic mass is 10.1. The molecule has 0 N–H and O–H groups in total. The topological polar surface area (TPSA) is 22.0 Å². The molecule has 0 spiro atoms. The fourth-order valence-corrected chi connectivity index (χ4v) is 3.17. The molecule has 1 heterocycles. The zero-order valence-corrected chi connectivity index (χ0v) is 12.0. The van der Waals surface area contributed by atoms with Crippen molar-refractivity contribution in [2.75, 3.05) is 0 Å². The van der Waals surface area contributed by atoms with E-state index in [-0.39, 0.29) is 16.6 Å². The normalized spacial score (nSPS) is 13.0. The highest BCUT2D eigenvalue weighted by Crippen LogP contribution is 2.28. The maximum atomic E-state index is 11.8. The largest absolute Gasteiger partial charge is 0.281 e. The van der Waals surface area contributed by atoms with Crippen molar-refractivity contribution in [3.8, 4) is 0 Å². The molecule has 5 heteroatoms. The molecule has 1 aromatic rings. The van der Waals surface area contributed by atoms with E-state index in [9.17, 15) is 4.79 Å². The van der Waals surface area contributed by atoms with Crippen LogP contribution in [-0.4, -0.2) is 3.96 Å². The maximum Gasteiger partial charge on any atom is 0.281 e. The molecule has 1 atom stereocenters. The number of halogens is 2. The van der Waals surface area contributed by atoms with E-state index in [0.29, 0.717) is 4.34 Å². The summed E-state index contributed by atoms with van der Waals surface area (Å²) in [6.45, 7) is 4.26. The van der Waals surface area contributed by atoms with Crippen molar-refractivity contribution in [1.29, 1.82) is 0 Å². The molecule has 0 bridgehead atoms. The van der Waals surface area contributed by atoms with Gasteiger partial charge in [0.2, 0.25) is 0 Å². The highest BCUT2D eigenvalue weighted by molar-refractivity contribution is 7.11. The van der Waals surface area contributed by atoms with Crippen molar-refractivity contribution in [3.05, 3.63) is 19.7 Å². The van der Waals surface area contributed by atoms with Crippen LogP contribution in [0.1, 0.15) is 52.0 Å². The molecule has 92 valence electrons. The van der Waals surface area contributed by atoms with Crippen LogP contribution in [0.25, 0.3) is 0 Å². The quantitative estimate of drug-likeness (QED) is 0.690. The van der Waals surface area contributed by atoms with Crippen LogP contribution in [0.2, 0.25) is 9.36 Å². The van der Waals surface area contributed by atoms with Gasteiger partial charge in [0.25, 0.3) is 5.56 Å². The minimum absolute atomic E-state index is 0.139. The Morgan fingerprint density at radius 3 is 2.44 bits per heavy atom. The highest BCUT2D eigenvalue weighted by Gasteiger charge is 2.17. The SMILES string of the molecule is CCCCCC(CC)n1sc(Cl)c(Cl)c1=O. The predicted octanol–water partition coefficient (Wildman–Crippen LogP) is 4.75. The Bertz CT molecular complexity index is 386. The molecule has 1 aromatic heterocycles. The third-order valence-electron chi connectivity index (χ3n) is 2.68. The summed E-state index contributed by atoms with van der Waals surface area (Å²) in [5, 5.41) is 0.167. The van der Waals surface area contributed by atoms with E-state index in [4.69, 9.17) is 23.2 Å². The first-order valence-corrected chi connectivity index (χ1v) is 7.21. The van der Waals surface area contributed by atoms with Crippen LogP contribution < -0.4 is 5.56 Å². The number of hydrogen-bond donors (Lipinski definition) is 0. The van der Waals surface area contributed by atoms with Gasteiger partial charge in [0.05, 0.1) is 0 Å². The van der Waals surface area contributed by atoms with Crippen molar-refractivity contribution in [3.63, 3.8) is 0 Å². The van der Waals surface area contributed by atoms with Gasteiger partial charge in [0, 0.05) is 6.04 Å². The molecule has 2 nitrogen and oxygen atoms in total. The van der Waals surface area contributed by atoms with Crippen molar-refractivity contribution in [2.24, 2.45) is 0 Å². The smallest absolute Gasteiger partial charge is 0.267 e. The second kappa shape index (κ2) is 6.67. The molecule has 0 aromatic carbocycles. The highest BCUT2D eigenvalue weighted by atomic mass is 35.5. The van der Waals surface area contributed by atoms with E-state index in [1.807, 2.05) is 0 Å². The molecule has 0 aliphatic heterocycles. The average Bonchev–Trinajstić information content (AvgIpc) is 2.53. The number of nitrogens with zero attached hydrogens (tertiary/aromatic N) is 1. The Morgan fingerprint density at radius 2 is 2.00 bits per heavy atom. The van der Waals surface area contributed by atoms with Crippen LogP contribution in [0.4, 0.5) is 0 Å². The van der Waals surface area contributed by atoms with E-state index < -0.39 is 0 Å². The maximum absolute atomic E-state index is 11.8. The predicted molar refractivity (Wildman–Crippen MR) is 72.1 cm³/mol.